The second-order valence-corrected chi connectivity index (χ2v) is 18.1. The van der Waals surface area contributed by atoms with Crippen molar-refractivity contribution in [2.75, 3.05) is 27.3 Å². The van der Waals surface area contributed by atoms with Gasteiger partial charge in [-0.3, -0.25) is 19.7 Å². The Balaban J connectivity index is 0.000000148. The predicted molar refractivity (Wildman–Crippen MR) is 277 cm³/mol. The Morgan fingerprint density at radius 2 is 1.10 bits per heavy atom. The molecule has 1 saturated heterocycles. The molecule has 0 radical (unpaired) electrons. The molecule has 0 spiro atoms. The van der Waals surface area contributed by atoms with E-state index in [1.54, 1.807) is 20.4 Å². The van der Waals surface area contributed by atoms with Crippen molar-refractivity contribution in [3.8, 4) is 56.3 Å². The van der Waals surface area contributed by atoms with E-state index in [1.807, 2.05) is 94.6 Å². The summed E-state index contributed by atoms with van der Waals surface area (Å²) in [4.78, 5) is 49.5. The number of aldehydes is 1. The lowest BCUT2D eigenvalue weighted by atomic mass is 9.99. The molecule has 9 heterocycles. The summed E-state index contributed by atoms with van der Waals surface area (Å²) in [5, 5.41) is 13.9. The zero-order valence-corrected chi connectivity index (χ0v) is 40.4. The number of carbonyl (C=O) groups is 1. The molecule has 1 fully saturated rings. The van der Waals surface area contributed by atoms with Crippen molar-refractivity contribution in [2.24, 2.45) is 0 Å². The van der Waals surface area contributed by atoms with Crippen LogP contribution in [0, 0.1) is 27.7 Å². The van der Waals surface area contributed by atoms with E-state index in [4.69, 9.17) is 28.5 Å². The number of aromatic amines is 2. The topological polar surface area (TPSA) is 200 Å². The number of nitrogens with zero attached hydrogens (tertiary/aromatic N) is 9. The first-order chi connectivity index (χ1) is 35.2. The number of fused-ring (bicyclic) bond motifs is 8. The van der Waals surface area contributed by atoms with Gasteiger partial charge >= 0.3 is 0 Å². The smallest absolute Gasteiger partial charge is 0.195 e. The zero-order valence-electron chi connectivity index (χ0n) is 40.4. The molecule has 0 unspecified atom stereocenters. The lowest BCUT2D eigenvalue weighted by Gasteiger charge is -2.15. The highest BCUT2D eigenvalue weighted by Gasteiger charge is 2.25. The molecular weight excluding hydrogens is 907 g/mol. The van der Waals surface area contributed by atoms with Crippen LogP contribution in [0.5, 0.6) is 11.5 Å². The number of rotatable bonds is 9. The van der Waals surface area contributed by atoms with E-state index in [-0.39, 0.29) is 5.82 Å². The van der Waals surface area contributed by atoms with Gasteiger partial charge in [-0.15, -0.1) is 0 Å². The number of carbonyl (C=O) groups excluding carboxylic acids is 1. The third kappa shape index (κ3) is 7.45. The molecule has 2 N–H and O–H groups in total. The van der Waals surface area contributed by atoms with Crippen molar-refractivity contribution >= 4 is 72.0 Å². The quantitative estimate of drug-likeness (QED) is 0.129. The number of aryl methyl sites for hydroxylation is 4. The van der Waals surface area contributed by atoms with Crippen LogP contribution in [-0.4, -0.2) is 88.7 Å². The Bertz CT molecular complexity index is 4060. The molecule has 16 heteroatoms. The number of ether oxygens (including phenoxy) is 2. The number of aromatic nitrogens is 10. The molecule has 8 aromatic heterocycles. The van der Waals surface area contributed by atoms with E-state index in [1.165, 1.54) is 12.8 Å². The minimum absolute atomic E-state index is 0.105. The Labute approximate surface area is 411 Å². The highest BCUT2D eigenvalue weighted by molar-refractivity contribution is 6.17. The summed E-state index contributed by atoms with van der Waals surface area (Å²) in [5.74, 6) is 3.81. The maximum absolute atomic E-state index is 11.7. The third-order valence-electron chi connectivity index (χ3n) is 13.7. The van der Waals surface area contributed by atoms with Gasteiger partial charge in [0.2, 0.25) is 0 Å². The molecule has 0 bridgehead atoms. The van der Waals surface area contributed by atoms with Crippen LogP contribution in [0.4, 0.5) is 0 Å². The van der Waals surface area contributed by atoms with Crippen LogP contribution in [-0.2, 0) is 6.54 Å². The van der Waals surface area contributed by atoms with Gasteiger partial charge in [0, 0.05) is 67.2 Å². The lowest BCUT2D eigenvalue weighted by molar-refractivity contribution is 0.111. The second-order valence-electron chi connectivity index (χ2n) is 18.1. The average Bonchev–Trinajstić information content (AvgIpc) is 4.26. The number of methoxy groups -OCH3 is 2. The number of nitrogens with one attached hydrogen (secondary N) is 2. The first kappa shape index (κ1) is 44.3. The van der Waals surface area contributed by atoms with Crippen LogP contribution in [0.2, 0.25) is 0 Å². The average molecular weight is 954 g/mol. The summed E-state index contributed by atoms with van der Waals surface area (Å²) in [6.45, 7) is 10.5. The Morgan fingerprint density at radius 1 is 0.597 bits per heavy atom. The molecule has 1 aliphatic heterocycles. The van der Waals surface area contributed by atoms with Gasteiger partial charge in [-0.2, -0.15) is 0 Å². The fourth-order valence-corrected chi connectivity index (χ4v) is 10.4. The van der Waals surface area contributed by atoms with Gasteiger partial charge in [-0.05, 0) is 102 Å². The first-order valence-electron chi connectivity index (χ1n) is 23.7. The van der Waals surface area contributed by atoms with Crippen LogP contribution < -0.4 is 9.47 Å². The monoisotopic (exact) mass is 953 g/mol. The molecule has 13 rings (SSSR count). The maximum atomic E-state index is 11.7. The van der Waals surface area contributed by atoms with Crippen molar-refractivity contribution < 1.29 is 23.3 Å². The first-order valence-corrected chi connectivity index (χ1v) is 23.7. The standard InChI is InChI=1S/C30H28N6O2.C26H19N5O3/c1-17-27(18(2)38-35-17)22-14-24-21(15-25(22)37-3)28-29(20-10-11-31-23-9-5-4-8-19(20)23)33-26(34-30(28)32-24)16-36-12-6-7-13-36;1-13-23(14(2)34-31-13)18-10-20-17(11-21(18)33-3)24-25(29-22(12-32)30-26(24)28-20)16-8-9-27-19-7-5-4-6-15(16)19/h4-5,8-11,14-15H,6-7,12-13,16H2,1-3H3,(H,32,33,34);4-12H,1-3H3,(H,28,29,30). The molecule has 0 aliphatic carbocycles. The van der Waals surface area contributed by atoms with Crippen molar-refractivity contribution in [2.45, 2.75) is 47.1 Å². The van der Waals surface area contributed by atoms with Gasteiger partial charge in [0.1, 0.15) is 40.1 Å². The van der Waals surface area contributed by atoms with E-state index < -0.39 is 0 Å². The van der Waals surface area contributed by atoms with Crippen molar-refractivity contribution in [1.29, 1.82) is 0 Å². The second kappa shape index (κ2) is 17.8. The van der Waals surface area contributed by atoms with Crippen molar-refractivity contribution in [3.63, 3.8) is 0 Å². The van der Waals surface area contributed by atoms with Gasteiger partial charge in [-0.25, -0.2) is 19.9 Å². The lowest BCUT2D eigenvalue weighted by Crippen LogP contribution is -2.20. The summed E-state index contributed by atoms with van der Waals surface area (Å²) in [5.41, 5.74) is 13.7. The molecular formula is C56H47N11O5. The number of pyridine rings is 2. The molecule has 72 heavy (non-hydrogen) atoms. The van der Waals surface area contributed by atoms with Crippen LogP contribution in [0.15, 0.2) is 106 Å². The van der Waals surface area contributed by atoms with E-state index in [0.717, 1.165) is 147 Å². The highest BCUT2D eigenvalue weighted by Crippen LogP contribution is 2.44. The number of hydrogen-bond acceptors (Lipinski definition) is 14. The number of benzene rings is 4. The Kier molecular flexibility index (Phi) is 11.0. The van der Waals surface area contributed by atoms with Crippen molar-refractivity contribution in [1.82, 2.24) is 55.1 Å². The Morgan fingerprint density at radius 3 is 1.58 bits per heavy atom. The summed E-state index contributed by atoms with van der Waals surface area (Å²) < 4.78 is 22.5. The number of hydrogen-bond donors (Lipinski definition) is 2. The van der Waals surface area contributed by atoms with Crippen LogP contribution >= 0.6 is 0 Å². The summed E-state index contributed by atoms with van der Waals surface area (Å²) in [6, 6.07) is 28.2. The number of para-hydroxylation sites is 2. The molecule has 0 amide bonds. The van der Waals surface area contributed by atoms with Gasteiger partial charge in [0.15, 0.2) is 12.1 Å². The highest BCUT2D eigenvalue weighted by atomic mass is 16.5. The number of H-pyrrole nitrogens is 2. The minimum Gasteiger partial charge on any atom is -0.496 e. The summed E-state index contributed by atoms with van der Waals surface area (Å²) in [7, 11) is 3.33. The van der Waals surface area contributed by atoms with Crippen LogP contribution in [0.25, 0.3) is 110 Å². The van der Waals surface area contributed by atoms with Gasteiger partial charge in [0.25, 0.3) is 0 Å². The number of likely N-dealkylation sites (tertiary alicyclic amines) is 1. The van der Waals surface area contributed by atoms with Gasteiger partial charge < -0.3 is 28.5 Å². The van der Waals surface area contributed by atoms with Crippen molar-refractivity contribution in [3.05, 3.63) is 132 Å². The molecule has 1 aliphatic rings. The van der Waals surface area contributed by atoms with Crippen LogP contribution in [0.3, 0.4) is 0 Å². The van der Waals surface area contributed by atoms with E-state index in [2.05, 4.69) is 69.4 Å². The Hall–Kier alpha value is -8.89. The fourth-order valence-electron chi connectivity index (χ4n) is 10.4. The van der Waals surface area contributed by atoms with E-state index in [9.17, 15) is 4.79 Å². The largest absolute Gasteiger partial charge is 0.496 e. The van der Waals surface area contributed by atoms with Crippen LogP contribution in [0.1, 0.15) is 52.2 Å². The van der Waals surface area contributed by atoms with Gasteiger partial charge in [0.05, 0.1) is 76.5 Å². The predicted octanol–water partition coefficient (Wildman–Crippen LogP) is 11.6. The fraction of sp³-hybridized carbons (Fsp3) is 0.196. The SMILES string of the molecule is COc1cc2c(cc1-c1c(C)noc1C)[nH]c1nc(C=O)nc(-c3ccnc4ccccc34)c12.COc1cc2c(cc1-c1c(C)noc1C)[nH]c1nc(CN3CCCC3)nc(-c3ccnc4ccccc34)c12. The van der Waals surface area contributed by atoms with E-state index >= 15 is 0 Å². The zero-order chi connectivity index (χ0) is 49.2. The maximum Gasteiger partial charge on any atom is 0.195 e. The summed E-state index contributed by atoms with van der Waals surface area (Å²) in [6.07, 6.45) is 6.71. The molecule has 4 aromatic carbocycles. The van der Waals surface area contributed by atoms with E-state index in [0.29, 0.717) is 29.1 Å². The molecule has 16 nitrogen and oxygen atoms in total. The normalized spacial score (nSPS) is 13.0. The summed E-state index contributed by atoms with van der Waals surface area (Å²) >= 11 is 0. The molecule has 12 aromatic rings. The molecule has 0 saturated carbocycles. The minimum atomic E-state index is 0.105. The third-order valence-corrected chi connectivity index (χ3v) is 13.7. The molecule has 0 atom stereocenters. The molecule has 356 valence electrons. The van der Waals surface area contributed by atoms with Gasteiger partial charge in [-0.1, -0.05) is 46.7 Å².